The molecular formula is C18H26O3. The van der Waals surface area contributed by atoms with Gasteiger partial charge >= 0.3 is 0 Å². The first kappa shape index (κ1) is 19.4. The summed E-state index contributed by atoms with van der Waals surface area (Å²) in [5.41, 5.74) is 0. The van der Waals surface area contributed by atoms with Crippen LogP contribution in [0.2, 0.25) is 0 Å². The van der Waals surface area contributed by atoms with E-state index in [1.54, 1.807) is 6.08 Å². The van der Waals surface area contributed by atoms with Crippen LogP contribution >= 0.6 is 0 Å². The fourth-order valence-electron chi connectivity index (χ4n) is 1.61. The molecule has 0 unspecified atom stereocenters. The van der Waals surface area contributed by atoms with Crippen LogP contribution in [0.4, 0.5) is 0 Å². The normalized spacial score (nSPS) is 11.4. The molecule has 3 nitrogen and oxygen atoms in total. The van der Waals surface area contributed by atoms with Crippen LogP contribution in [0, 0.1) is 23.7 Å². The van der Waals surface area contributed by atoms with Crippen molar-refractivity contribution in [2.45, 2.75) is 58.0 Å². The van der Waals surface area contributed by atoms with Gasteiger partial charge in [0, 0.05) is 13.5 Å². The van der Waals surface area contributed by atoms with Crippen molar-refractivity contribution >= 4 is 5.78 Å². The van der Waals surface area contributed by atoms with E-state index in [4.69, 9.17) is 4.74 Å². The van der Waals surface area contributed by atoms with Gasteiger partial charge in [-0.25, -0.2) is 0 Å². The number of carbonyl (C=O) groups excluding carboxylic acids is 1. The molecule has 1 atom stereocenters. The standard InChI is InChI=1S/C18H26O3/c1-3-4-5-6-7-8-9-12-17(19)13-10-11-14-18(20)15-16-21-2/h9,12,17,19H,3-8,15-16H2,1-2H3/t17-/m0/s1. The Balaban J connectivity index is 3.83. The van der Waals surface area contributed by atoms with Crippen LogP contribution < -0.4 is 0 Å². The molecule has 0 fully saturated rings. The predicted octanol–water partition coefficient (Wildman–Crippen LogP) is 2.88. The van der Waals surface area contributed by atoms with Crippen molar-refractivity contribution in [3.8, 4) is 23.7 Å². The third-order valence-corrected chi connectivity index (χ3v) is 2.81. The van der Waals surface area contributed by atoms with Crippen molar-refractivity contribution in [2.75, 3.05) is 13.7 Å². The van der Waals surface area contributed by atoms with E-state index in [1.165, 1.54) is 32.8 Å². The highest BCUT2D eigenvalue weighted by atomic mass is 16.5. The number of allylic oxidation sites excluding steroid dienone is 1. The number of Topliss-reactive ketones (excluding diaryl/α,β-unsaturated/α-hetero) is 1. The smallest absolute Gasteiger partial charge is 0.208 e. The molecule has 0 aliphatic carbocycles. The van der Waals surface area contributed by atoms with Gasteiger partial charge in [0.05, 0.1) is 6.61 Å². The second kappa shape index (κ2) is 14.9. The first-order chi connectivity index (χ1) is 10.2. The van der Waals surface area contributed by atoms with Crippen LogP contribution in [0.15, 0.2) is 12.2 Å². The lowest BCUT2D eigenvalue weighted by atomic mass is 10.1. The SMILES string of the molecule is CCCCCCCC=C[C@H](O)C#CC#CC(=O)CCOC. The van der Waals surface area contributed by atoms with Gasteiger partial charge in [-0.15, -0.1) is 0 Å². The summed E-state index contributed by atoms with van der Waals surface area (Å²) >= 11 is 0. The van der Waals surface area contributed by atoms with Crippen molar-refractivity contribution in [3.05, 3.63) is 12.2 Å². The number of aliphatic hydroxyl groups excluding tert-OH is 1. The zero-order valence-electron chi connectivity index (χ0n) is 13.2. The number of unbranched alkanes of at least 4 members (excludes halogenated alkanes) is 5. The maximum absolute atomic E-state index is 11.2. The number of rotatable bonds is 10. The Bertz CT molecular complexity index is 415. The van der Waals surface area contributed by atoms with Gasteiger partial charge in [-0.1, -0.05) is 44.6 Å². The maximum atomic E-state index is 11.2. The Labute approximate surface area is 128 Å². The molecular weight excluding hydrogens is 264 g/mol. The number of methoxy groups -OCH3 is 1. The van der Waals surface area contributed by atoms with Crippen LogP contribution in [-0.4, -0.2) is 30.7 Å². The van der Waals surface area contributed by atoms with E-state index in [0.717, 1.165) is 12.8 Å². The molecule has 0 aromatic rings. The molecule has 116 valence electrons. The molecule has 0 spiro atoms. The Morgan fingerprint density at radius 2 is 2.00 bits per heavy atom. The van der Waals surface area contributed by atoms with Gasteiger partial charge in [0.25, 0.3) is 0 Å². The molecule has 0 amide bonds. The molecule has 0 rings (SSSR count). The minimum atomic E-state index is -0.816. The van der Waals surface area contributed by atoms with E-state index in [1.807, 2.05) is 6.08 Å². The second-order valence-corrected chi connectivity index (χ2v) is 4.76. The minimum absolute atomic E-state index is 0.205. The molecule has 0 aliphatic heterocycles. The molecule has 0 bridgehead atoms. The quantitative estimate of drug-likeness (QED) is 0.291. The Kier molecular flexibility index (Phi) is 13.8. The average molecular weight is 290 g/mol. The molecule has 0 aliphatic rings. The summed E-state index contributed by atoms with van der Waals surface area (Å²) in [6.45, 7) is 2.56. The van der Waals surface area contributed by atoms with Crippen molar-refractivity contribution in [1.29, 1.82) is 0 Å². The van der Waals surface area contributed by atoms with Crippen LogP contribution in [-0.2, 0) is 9.53 Å². The predicted molar refractivity (Wildman–Crippen MR) is 85.6 cm³/mol. The third-order valence-electron chi connectivity index (χ3n) is 2.81. The van der Waals surface area contributed by atoms with E-state index in [9.17, 15) is 9.90 Å². The van der Waals surface area contributed by atoms with Crippen molar-refractivity contribution < 1.29 is 14.6 Å². The number of hydrogen-bond acceptors (Lipinski definition) is 3. The van der Waals surface area contributed by atoms with Crippen LogP contribution in [0.25, 0.3) is 0 Å². The largest absolute Gasteiger partial charge is 0.384 e. The fourth-order valence-corrected chi connectivity index (χ4v) is 1.61. The Morgan fingerprint density at radius 1 is 1.24 bits per heavy atom. The topological polar surface area (TPSA) is 46.5 Å². The first-order valence-electron chi connectivity index (χ1n) is 7.58. The van der Waals surface area contributed by atoms with Gasteiger partial charge in [-0.2, -0.15) is 0 Å². The summed E-state index contributed by atoms with van der Waals surface area (Å²) in [5.74, 6) is 9.68. The summed E-state index contributed by atoms with van der Waals surface area (Å²) in [4.78, 5) is 11.2. The summed E-state index contributed by atoms with van der Waals surface area (Å²) < 4.78 is 4.77. The molecule has 0 radical (unpaired) electrons. The number of ketones is 1. The fraction of sp³-hybridized carbons (Fsp3) is 0.611. The van der Waals surface area contributed by atoms with E-state index in [2.05, 4.69) is 30.6 Å². The summed E-state index contributed by atoms with van der Waals surface area (Å²) in [6, 6.07) is 0. The lowest BCUT2D eigenvalue weighted by molar-refractivity contribution is -0.114. The number of carbonyl (C=O) groups is 1. The van der Waals surface area contributed by atoms with Gasteiger partial charge in [-0.3, -0.25) is 4.79 Å². The van der Waals surface area contributed by atoms with Crippen molar-refractivity contribution in [1.82, 2.24) is 0 Å². The molecule has 0 heterocycles. The van der Waals surface area contributed by atoms with Crippen LogP contribution in [0.3, 0.4) is 0 Å². The zero-order chi connectivity index (χ0) is 15.8. The molecule has 0 saturated carbocycles. The molecule has 0 aromatic carbocycles. The number of aliphatic hydroxyl groups is 1. The molecule has 0 aromatic heterocycles. The zero-order valence-corrected chi connectivity index (χ0v) is 13.2. The molecule has 0 saturated heterocycles. The van der Waals surface area contributed by atoms with E-state index < -0.39 is 6.10 Å². The van der Waals surface area contributed by atoms with E-state index in [-0.39, 0.29) is 12.2 Å². The van der Waals surface area contributed by atoms with Crippen LogP contribution in [0.5, 0.6) is 0 Å². The van der Waals surface area contributed by atoms with Crippen LogP contribution in [0.1, 0.15) is 51.9 Å². The molecule has 3 heteroatoms. The molecule has 21 heavy (non-hydrogen) atoms. The number of ether oxygens (including phenoxy) is 1. The highest BCUT2D eigenvalue weighted by Gasteiger charge is 1.94. The average Bonchev–Trinajstić information content (AvgIpc) is 2.48. The van der Waals surface area contributed by atoms with Gasteiger partial charge in [-0.05, 0) is 36.7 Å². The lowest BCUT2D eigenvalue weighted by Crippen LogP contribution is -1.99. The summed E-state index contributed by atoms with van der Waals surface area (Å²) in [6.07, 6.45) is 10.2. The lowest BCUT2D eigenvalue weighted by Gasteiger charge is -1.96. The van der Waals surface area contributed by atoms with E-state index >= 15 is 0 Å². The van der Waals surface area contributed by atoms with Crippen molar-refractivity contribution in [2.24, 2.45) is 0 Å². The molecule has 1 N–H and O–H groups in total. The maximum Gasteiger partial charge on any atom is 0.208 e. The summed E-state index contributed by atoms with van der Waals surface area (Å²) in [7, 11) is 1.53. The first-order valence-corrected chi connectivity index (χ1v) is 7.58. The van der Waals surface area contributed by atoms with Gasteiger partial charge in [0.2, 0.25) is 5.78 Å². The number of hydrogen-bond donors (Lipinski definition) is 1. The highest BCUT2D eigenvalue weighted by molar-refractivity contribution is 5.96. The monoisotopic (exact) mass is 290 g/mol. The van der Waals surface area contributed by atoms with E-state index in [0.29, 0.717) is 6.61 Å². The summed E-state index contributed by atoms with van der Waals surface area (Å²) in [5, 5.41) is 9.56. The minimum Gasteiger partial charge on any atom is -0.384 e. The third kappa shape index (κ3) is 14.7. The van der Waals surface area contributed by atoms with Gasteiger partial charge < -0.3 is 9.84 Å². The van der Waals surface area contributed by atoms with Crippen molar-refractivity contribution in [3.63, 3.8) is 0 Å². The van der Waals surface area contributed by atoms with Gasteiger partial charge in [0.15, 0.2) is 0 Å². The Morgan fingerprint density at radius 3 is 2.71 bits per heavy atom. The second-order valence-electron chi connectivity index (χ2n) is 4.76. The highest BCUT2D eigenvalue weighted by Crippen LogP contribution is 2.05. The van der Waals surface area contributed by atoms with Gasteiger partial charge in [0.1, 0.15) is 6.10 Å². The Hall–Kier alpha value is -1.55.